The topological polar surface area (TPSA) is 130 Å². The summed E-state index contributed by atoms with van der Waals surface area (Å²) in [5.74, 6) is 0.309. The maximum absolute atomic E-state index is 11.4. The maximum Gasteiger partial charge on any atom is 0.336 e. The third-order valence-corrected chi connectivity index (χ3v) is 4.02. The van der Waals surface area contributed by atoms with Crippen LogP contribution in [-0.4, -0.2) is 57.7 Å². The molecule has 0 amide bonds. The number of fused-ring (bicyclic) bond motifs is 1. The molecule has 1 aliphatic rings. The lowest BCUT2D eigenvalue weighted by Crippen LogP contribution is -2.60. The quantitative estimate of drug-likeness (QED) is 0.540. The van der Waals surface area contributed by atoms with Crippen LogP contribution in [-0.2, 0) is 4.74 Å². The lowest BCUT2D eigenvalue weighted by molar-refractivity contribution is -0.277. The zero-order valence-electron chi connectivity index (χ0n) is 12.8. The number of aliphatic hydroxyl groups is 4. The summed E-state index contributed by atoms with van der Waals surface area (Å²) >= 11 is 0. The summed E-state index contributed by atoms with van der Waals surface area (Å²) in [6.45, 7) is 1.21. The number of hydrogen-bond donors (Lipinski definition) is 4. The van der Waals surface area contributed by atoms with Crippen molar-refractivity contribution in [1.29, 1.82) is 0 Å². The maximum atomic E-state index is 11.4. The van der Waals surface area contributed by atoms with Crippen molar-refractivity contribution in [2.75, 3.05) is 6.61 Å². The van der Waals surface area contributed by atoms with Gasteiger partial charge in [-0.3, -0.25) is 0 Å². The highest BCUT2D eigenvalue weighted by molar-refractivity contribution is 5.81. The number of ether oxygens (including phenoxy) is 2. The average Bonchev–Trinajstić information content (AvgIpc) is 2.55. The summed E-state index contributed by atoms with van der Waals surface area (Å²) in [5, 5.41) is 39.3. The van der Waals surface area contributed by atoms with E-state index >= 15 is 0 Å². The lowest BCUT2D eigenvalue weighted by Gasteiger charge is -2.39. The lowest BCUT2D eigenvalue weighted by atomic mass is 9.99. The van der Waals surface area contributed by atoms with Gasteiger partial charge in [0, 0.05) is 11.5 Å². The van der Waals surface area contributed by atoms with Crippen molar-refractivity contribution >= 4 is 11.0 Å². The van der Waals surface area contributed by atoms with E-state index in [1.54, 1.807) is 19.1 Å². The Morgan fingerprint density at radius 2 is 1.88 bits per heavy atom. The molecule has 8 nitrogen and oxygen atoms in total. The molecule has 0 spiro atoms. The molecule has 0 saturated carbocycles. The van der Waals surface area contributed by atoms with Crippen LogP contribution < -0.4 is 10.4 Å². The first-order valence-corrected chi connectivity index (χ1v) is 7.42. The molecule has 2 heterocycles. The smallest absolute Gasteiger partial charge is 0.336 e. The van der Waals surface area contributed by atoms with Crippen molar-refractivity contribution in [3.05, 3.63) is 40.2 Å². The van der Waals surface area contributed by atoms with Crippen LogP contribution in [0.4, 0.5) is 0 Å². The summed E-state index contributed by atoms with van der Waals surface area (Å²) < 4.78 is 15.9. The van der Waals surface area contributed by atoms with Gasteiger partial charge in [-0.25, -0.2) is 4.79 Å². The second kappa shape index (κ2) is 6.50. The summed E-state index contributed by atoms with van der Waals surface area (Å²) in [5.41, 5.74) is 0.629. The Bertz CT molecular complexity index is 783. The zero-order valence-corrected chi connectivity index (χ0v) is 12.8. The van der Waals surface area contributed by atoms with Gasteiger partial charge in [-0.1, -0.05) is 0 Å². The Balaban J connectivity index is 1.87. The van der Waals surface area contributed by atoms with Gasteiger partial charge >= 0.3 is 5.63 Å². The largest absolute Gasteiger partial charge is 0.462 e. The molecule has 0 bridgehead atoms. The third kappa shape index (κ3) is 3.02. The van der Waals surface area contributed by atoms with E-state index in [1.165, 1.54) is 12.1 Å². The Labute approximate surface area is 136 Å². The van der Waals surface area contributed by atoms with Crippen LogP contribution in [0.15, 0.2) is 33.5 Å². The fourth-order valence-corrected chi connectivity index (χ4v) is 2.67. The molecule has 1 aromatic carbocycles. The van der Waals surface area contributed by atoms with Crippen LogP contribution in [0.1, 0.15) is 5.56 Å². The Kier molecular flexibility index (Phi) is 4.57. The van der Waals surface area contributed by atoms with Crippen molar-refractivity contribution in [3.63, 3.8) is 0 Å². The molecule has 1 aliphatic heterocycles. The van der Waals surface area contributed by atoms with Crippen LogP contribution in [0.3, 0.4) is 0 Å². The summed E-state index contributed by atoms with van der Waals surface area (Å²) in [6.07, 6.45) is -6.77. The van der Waals surface area contributed by atoms with E-state index in [0.717, 1.165) is 0 Å². The van der Waals surface area contributed by atoms with Crippen molar-refractivity contribution in [2.24, 2.45) is 0 Å². The van der Waals surface area contributed by atoms with Gasteiger partial charge in [0.1, 0.15) is 35.7 Å². The number of rotatable bonds is 3. The molecule has 0 unspecified atom stereocenters. The molecule has 0 radical (unpaired) electrons. The molecular formula is C16H18O8. The predicted molar refractivity (Wildman–Crippen MR) is 81.6 cm³/mol. The predicted octanol–water partition coefficient (Wildman–Crippen LogP) is -0.720. The molecular weight excluding hydrogens is 320 g/mol. The van der Waals surface area contributed by atoms with Gasteiger partial charge < -0.3 is 34.3 Å². The number of hydrogen-bond acceptors (Lipinski definition) is 8. The van der Waals surface area contributed by atoms with Crippen LogP contribution in [0.5, 0.6) is 5.75 Å². The van der Waals surface area contributed by atoms with Crippen molar-refractivity contribution < 1.29 is 34.3 Å². The fraction of sp³-hybridized carbons (Fsp3) is 0.438. The van der Waals surface area contributed by atoms with E-state index in [1.807, 2.05) is 0 Å². The van der Waals surface area contributed by atoms with E-state index in [-0.39, 0.29) is 0 Å². The van der Waals surface area contributed by atoms with Crippen molar-refractivity contribution in [2.45, 2.75) is 37.6 Å². The van der Waals surface area contributed by atoms with Gasteiger partial charge in [0.05, 0.1) is 6.61 Å². The highest BCUT2D eigenvalue weighted by atomic mass is 16.7. The van der Waals surface area contributed by atoms with E-state index in [4.69, 9.17) is 13.9 Å². The molecule has 4 N–H and O–H groups in total. The van der Waals surface area contributed by atoms with Gasteiger partial charge in [-0.05, 0) is 30.7 Å². The van der Waals surface area contributed by atoms with Gasteiger partial charge in [0.2, 0.25) is 6.29 Å². The third-order valence-electron chi connectivity index (χ3n) is 4.02. The minimum absolute atomic E-state index is 0.309. The molecule has 1 aromatic heterocycles. The molecule has 130 valence electrons. The summed E-state index contributed by atoms with van der Waals surface area (Å²) in [7, 11) is 0. The SMILES string of the molecule is Cc1cc(=O)oc2ccc(O[C@@H]3O[C@H](CO)[C@@H](O)[C@H](O)[C@H]3O)cc12. The van der Waals surface area contributed by atoms with Crippen LogP contribution in [0, 0.1) is 6.92 Å². The molecule has 5 atom stereocenters. The van der Waals surface area contributed by atoms with E-state index in [0.29, 0.717) is 22.3 Å². The second-order valence-corrected chi connectivity index (χ2v) is 5.72. The summed E-state index contributed by atoms with van der Waals surface area (Å²) in [4.78, 5) is 11.4. The van der Waals surface area contributed by atoms with Gasteiger partial charge in [-0.15, -0.1) is 0 Å². The van der Waals surface area contributed by atoms with Crippen LogP contribution in [0.25, 0.3) is 11.0 Å². The van der Waals surface area contributed by atoms with Gasteiger partial charge in [0.15, 0.2) is 0 Å². The molecule has 1 fully saturated rings. The van der Waals surface area contributed by atoms with Gasteiger partial charge in [0.25, 0.3) is 0 Å². The second-order valence-electron chi connectivity index (χ2n) is 5.72. The Morgan fingerprint density at radius 1 is 1.12 bits per heavy atom. The van der Waals surface area contributed by atoms with E-state index in [9.17, 15) is 25.2 Å². The molecule has 0 aliphatic carbocycles. The number of aryl methyl sites for hydroxylation is 1. The first kappa shape index (κ1) is 16.9. The normalized spacial score (nSPS) is 30.5. The Morgan fingerprint density at radius 3 is 2.58 bits per heavy atom. The average molecular weight is 338 g/mol. The zero-order chi connectivity index (χ0) is 17.4. The molecule has 24 heavy (non-hydrogen) atoms. The molecule has 3 rings (SSSR count). The Hall–Kier alpha value is -1.97. The van der Waals surface area contributed by atoms with Crippen molar-refractivity contribution in [1.82, 2.24) is 0 Å². The minimum atomic E-state index is -1.51. The minimum Gasteiger partial charge on any atom is -0.462 e. The summed E-state index contributed by atoms with van der Waals surface area (Å²) in [6, 6.07) is 6.02. The number of aliphatic hydroxyl groups excluding tert-OH is 4. The molecule has 1 saturated heterocycles. The van der Waals surface area contributed by atoms with E-state index in [2.05, 4.69) is 0 Å². The first-order valence-electron chi connectivity index (χ1n) is 7.42. The monoisotopic (exact) mass is 338 g/mol. The van der Waals surface area contributed by atoms with Crippen LogP contribution >= 0.6 is 0 Å². The molecule has 8 heteroatoms. The highest BCUT2D eigenvalue weighted by Gasteiger charge is 2.44. The highest BCUT2D eigenvalue weighted by Crippen LogP contribution is 2.27. The van der Waals surface area contributed by atoms with E-state index < -0.39 is 42.9 Å². The van der Waals surface area contributed by atoms with Gasteiger partial charge in [-0.2, -0.15) is 0 Å². The fourth-order valence-electron chi connectivity index (χ4n) is 2.67. The standard InChI is InChI=1S/C16H18O8/c1-7-4-12(18)23-10-3-2-8(5-9(7)10)22-16-15(21)14(20)13(19)11(6-17)24-16/h2-5,11,13-17,19-21H,6H2,1H3/t11-,13-,14+,15-,16-/m1/s1. The molecule has 2 aromatic rings. The number of benzene rings is 1. The van der Waals surface area contributed by atoms with Crippen molar-refractivity contribution in [3.8, 4) is 5.75 Å². The first-order chi connectivity index (χ1) is 11.4. The van der Waals surface area contributed by atoms with Crippen LogP contribution in [0.2, 0.25) is 0 Å².